The van der Waals surface area contributed by atoms with Gasteiger partial charge in [-0.1, -0.05) is 17.7 Å². The summed E-state index contributed by atoms with van der Waals surface area (Å²) in [5, 5.41) is 3.23. The lowest BCUT2D eigenvalue weighted by atomic mass is 10.0. The molecule has 1 aromatic carbocycles. The average molecular weight is 363 g/mol. The Kier molecular flexibility index (Phi) is 5.89. The van der Waals surface area contributed by atoms with E-state index in [-0.39, 0.29) is 17.8 Å². The molecule has 0 spiro atoms. The Morgan fingerprint density at radius 2 is 2.12 bits per heavy atom. The molecule has 2 aromatic rings. The maximum absolute atomic E-state index is 14.4. The van der Waals surface area contributed by atoms with Crippen LogP contribution in [-0.4, -0.2) is 30.4 Å². The normalized spacial score (nSPS) is 16.4. The fraction of sp³-hybridized carbons (Fsp3) is 0.316. The smallest absolute Gasteiger partial charge is 0.244 e. The van der Waals surface area contributed by atoms with E-state index >= 15 is 0 Å². The van der Waals surface area contributed by atoms with E-state index in [1.807, 2.05) is 0 Å². The topological polar surface area (TPSA) is 45.5 Å². The Morgan fingerprint density at radius 1 is 1.32 bits per heavy atom. The van der Waals surface area contributed by atoms with Crippen molar-refractivity contribution in [3.05, 3.63) is 64.8 Å². The molecule has 1 unspecified atom stereocenters. The van der Waals surface area contributed by atoms with Crippen molar-refractivity contribution in [2.75, 3.05) is 19.6 Å². The van der Waals surface area contributed by atoms with Crippen LogP contribution in [0.2, 0.25) is 5.02 Å². The lowest BCUT2D eigenvalue weighted by Gasteiger charge is -2.29. The minimum Gasteiger partial charge on any atom is -0.465 e. The Morgan fingerprint density at radius 3 is 2.80 bits per heavy atom. The van der Waals surface area contributed by atoms with E-state index in [9.17, 15) is 9.18 Å². The predicted molar refractivity (Wildman–Crippen MR) is 95.7 cm³/mol. The highest BCUT2D eigenvalue weighted by Crippen LogP contribution is 2.31. The molecular weight excluding hydrogens is 343 g/mol. The number of likely N-dealkylation sites (tertiary alicyclic amines) is 1. The summed E-state index contributed by atoms with van der Waals surface area (Å²) in [5.41, 5.74) is 0.446. The van der Waals surface area contributed by atoms with Crippen LogP contribution >= 0.6 is 11.6 Å². The van der Waals surface area contributed by atoms with Crippen LogP contribution in [0, 0.1) is 5.82 Å². The van der Waals surface area contributed by atoms with E-state index in [0.29, 0.717) is 22.9 Å². The number of nitrogens with one attached hydrogen (secondary N) is 1. The van der Waals surface area contributed by atoms with Gasteiger partial charge in [0, 0.05) is 23.2 Å². The SMILES string of the molecule is O=C(/C=C/c1ccco1)NCC(c1c(F)cccc1Cl)N1CCCC1. The molecule has 25 heavy (non-hydrogen) atoms. The van der Waals surface area contributed by atoms with E-state index in [4.69, 9.17) is 16.0 Å². The number of hydrogen-bond acceptors (Lipinski definition) is 3. The highest BCUT2D eigenvalue weighted by Gasteiger charge is 2.27. The third-order valence-electron chi connectivity index (χ3n) is 4.33. The minimum atomic E-state index is -0.343. The molecule has 0 aliphatic carbocycles. The standard InChI is InChI=1S/C19H20ClFN2O2/c20-15-6-3-7-16(21)19(15)17(23-10-1-2-11-23)13-22-18(24)9-8-14-5-4-12-25-14/h3-9,12,17H,1-2,10-11,13H2,(H,22,24)/b9-8+. The zero-order valence-electron chi connectivity index (χ0n) is 13.8. The van der Waals surface area contributed by atoms with E-state index < -0.39 is 0 Å². The predicted octanol–water partition coefficient (Wildman–Crippen LogP) is 4.04. The highest BCUT2D eigenvalue weighted by atomic mass is 35.5. The fourth-order valence-electron chi connectivity index (χ4n) is 3.10. The van der Waals surface area contributed by atoms with E-state index in [1.165, 1.54) is 12.1 Å². The molecule has 1 aromatic heterocycles. The first-order chi connectivity index (χ1) is 12.1. The van der Waals surface area contributed by atoms with Gasteiger partial charge >= 0.3 is 0 Å². The summed E-state index contributed by atoms with van der Waals surface area (Å²) in [5.74, 6) is 0.00114. The van der Waals surface area contributed by atoms with Gasteiger partial charge in [-0.3, -0.25) is 9.69 Å². The van der Waals surface area contributed by atoms with Gasteiger partial charge in [0.15, 0.2) is 0 Å². The summed E-state index contributed by atoms with van der Waals surface area (Å²) in [4.78, 5) is 14.2. The molecular formula is C19H20ClFN2O2. The maximum atomic E-state index is 14.4. The molecule has 1 N–H and O–H groups in total. The summed E-state index contributed by atoms with van der Waals surface area (Å²) in [6.45, 7) is 2.03. The van der Waals surface area contributed by atoms with Gasteiger partial charge < -0.3 is 9.73 Å². The number of hydrogen-bond donors (Lipinski definition) is 1. The van der Waals surface area contributed by atoms with Crippen LogP contribution in [0.4, 0.5) is 4.39 Å². The molecule has 1 saturated heterocycles. The van der Waals surface area contributed by atoms with Crippen LogP contribution in [0.1, 0.15) is 30.2 Å². The molecule has 3 rings (SSSR count). The van der Waals surface area contributed by atoms with Crippen molar-refractivity contribution in [3.63, 3.8) is 0 Å². The lowest BCUT2D eigenvalue weighted by Crippen LogP contribution is -2.36. The van der Waals surface area contributed by atoms with Crippen molar-refractivity contribution in [1.29, 1.82) is 0 Å². The van der Waals surface area contributed by atoms with Crippen LogP contribution in [0.3, 0.4) is 0 Å². The maximum Gasteiger partial charge on any atom is 0.244 e. The van der Waals surface area contributed by atoms with Crippen molar-refractivity contribution < 1.29 is 13.6 Å². The molecule has 1 fully saturated rings. The third kappa shape index (κ3) is 4.50. The number of nitrogens with zero attached hydrogens (tertiary/aromatic N) is 1. The molecule has 0 saturated carbocycles. The summed E-state index contributed by atoms with van der Waals surface area (Å²) in [7, 11) is 0. The second kappa shape index (κ2) is 8.32. The van der Waals surface area contributed by atoms with Gasteiger partial charge in [0.25, 0.3) is 0 Å². The monoisotopic (exact) mass is 362 g/mol. The van der Waals surface area contributed by atoms with Crippen molar-refractivity contribution in [1.82, 2.24) is 10.2 Å². The molecule has 132 valence electrons. The van der Waals surface area contributed by atoms with E-state index in [1.54, 1.807) is 36.6 Å². The number of halogens is 2. The number of benzene rings is 1. The molecule has 1 aliphatic heterocycles. The van der Waals surface area contributed by atoms with E-state index in [2.05, 4.69) is 10.2 Å². The number of rotatable bonds is 6. The van der Waals surface area contributed by atoms with Crippen molar-refractivity contribution in [2.24, 2.45) is 0 Å². The van der Waals surface area contributed by atoms with Gasteiger partial charge in [-0.05, 0) is 56.3 Å². The van der Waals surface area contributed by atoms with E-state index in [0.717, 1.165) is 25.9 Å². The molecule has 6 heteroatoms. The molecule has 4 nitrogen and oxygen atoms in total. The Labute approximate surface area is 151 Å². The van der Waals surface area contributed by atoms with Gasteiger partial charge in [-0.2, -0.15) is 0 Å². The molecule has 1 aliphatic rings. The second-order valence-electron chi connectivity index (χ2n) is 5.99. The second-order valence-corrected chi connectivity index (χ2v) is 6.40. The van der Waals surface area contributed by atoms with Gasteiger partial charge in [0.05, 0.1) is 12.3 Å². The first-order valence-corrected chi connectivity index (χ1v) is 8.70. The van der Waals surface area contributed by atoms with Crippen LogP contribution in [0.15, 0.2) is 47.1 Å². The van der Waals surface area contributed by atoms with Crippen molar-refractivity contribution in [2.45, 2.75) is 18.9 Å². The summed E-state index contributed by atoms with van der Waals surface area (Å²) >= 11 is 6.24. The average Bonchev–Trinajstić information content (AvgIpc) is 3.29. The van der Waals surface area contributed by atoms with Gasteiger partial charge in [0.1, 0.15) is 11.6 Å². The van der Waals surface area contributed by atoms with Gasteiger partial charge in [0.2, 0.25) is 5.91 Å². The number of amides is 1. The van der Waals surface area contributed by atoms with Crippen LogP contribution < -0.4 is 5.32 Å². The first-order valence-electron chi connectivity index (χ1n) is 8.32. The molecule has 0 radical (unpaired) electrons. The Bertz CT molecular complexity index is 720. The Hall–Kier alpha value is -2.11. The Balaban J connectivity index is 1.71. The van der Waals surface area contributed by atoms with Crippen molar-refractivity contribution >= 4 is 23.6 Å². The van der Waals surface area contributed by atoms with Crippen LogP contribution in [0.5, 0.6) is 0 Å². The molecule has 0 bridgehead atoms. The summed E-state index contributed by atoms with van der Waals surface area (Å²) < 4.78 is 19.5. The fourth-order valence-corrected chi connectivity index (χ4v) is 3.39. The number of carbonyl (C=O) groups is 1. The number of furan rings is 1. The van der Waals surface area contributed by atoms with Gasteiger partial charge in [-0.25, -0.2) is 4.39 Å². The molecule has 1 atom stereocenters. The van der Waals surface area contributed by atoms with Gasteiger partial charge in [-0.15, -0.1) is 0 Å². The summed E-state index contributed by atoms with van der Waals surface area (Å²) in [6, 6.07) is 7.91. The minimum absolute atomic E-state index is 0.256. The highest BCUT2D eigenvalue weighted by molar-refractivity contribution is 6.31. The van der Waals surface area contributed by atoms with Crippen LogP contribution in [0.25, 0.3) is 6.08 Å². The number of carbonyl (C=O) groups excluding carboxylic acids is 1. The lowest BCUT2D eigenvalue weighted by molar-refractivity contribution is -0.116. The summed E-state index contributed by atoms with van der Waals surface area (Å²) in [6.07, 6.45) is 6.67. The third-order valence-corrected chi connectivity index (χ3v) is 4.66. The quantitative estimate of drug-likeness (QED) is 0.789. The largest absolute Gasteiger partial charge is 0.465 e. The van der Waals surface area contributed by atoms with Crippen molar-refractivity contribution in [3.8, 4) is 0 Å². The molecule has 1 amide bonds. The zero-order valence-corrected chi connectivity index (χ0v) is 14.5. The van der Waals surface area contributed by atoms with Crippen LogP contribution in [-0.2, 0) is 4.79 Å². The molecule has 2 heterocycles. The first kappa shape index (κ1) is 17.7. The zero-order chi connectivity index (χ0) is 17.6.